The summed E-state index contributed by atoms with van der Waals surface area (Å²) in [6.45, 7) is 3.10. The molecule has 9 nitrogen and oxygen atoms in total. The fourth-order valence-electron chi connectivity index (χ4n) is 3.66. The average molecular weight is 438 g/mol. The number of carboxylic acids is 1. The van der Waals surface area contributed by atoms with Crippen LogP contribution < -0.4 is 20.9 Å². The van der Waals surface area contributed by atoms with Crippen molar-refractivity contribution < 1.29 is 24.3 Å². The van der Waals surface area contributed by atoms with E-state index in [0.717, 1.165) is 5.56 Å². The maximum Gasteiger partial charge on any atom is 0.323 e. The van der Waals surface area contributed by atoms with E-state index in [1.54, 1.807) is 24.3 Å². The monoisotopic (exact) mass is 438 g/mol. The third-order valence-corrected chi connectivity index (χ3v) is 5.13. The lowest BCUT2D eigenvalue weighted by atomic mass is 9.98. The predicted molar refractivity (Wildman–Crippen MR) is 119 cm³/mol. The average Bonchev–Trinajstić information content (AvgIpc) is 2.76. The van der Waals surface area contributed by atoms with Gasteiger partial charge in [0.1, 0.15) is 18.6 Å². The van der Waals surface area contributed by atoms with Crippen LogP contribution in [0.15, 0.2) is 54.6 Å². The van der Waals surface area contributed by atoms with E-state index >= 15 is 0 Å². The highest BCUT2D eigenvalue weighted by molar-refractivity contribution is 6.12. The van der Waals surface area contributed by atoms with Gasteiger partial charge in [0.05, 0.1) is 11.4 Å². The van der Waals surface area contributed by atoms with Crippen molar-refractivity contribution in [2.24, 2.45) is 5.92 Å². The van der Waals surface area contributed by atoms with Crippen LogP contribution in [0, 0.1) is 5.92 Å². The lowest BCUT2D eigenvalue weighted by molar-refractivity contribution is -0.138. The first-order valence-corrected chi connectivity index (χ1v) is 10.3. The van der Waals surface area contributed by atoms with Crippen LogP contribution in [-0.4, -0.2) is 47.5 Å². The molecule has 2 aromatic rings. The van der Waals surface area contributed by atoms with E-state index in [2.05, 4.69) is 16.0 Å². The van der Waals surface area contributed by atoms with Gasteiger partial charge in [-0.2, -0.15) is 0 Å². The number of carbonyl (C=O) groups excluding carboxylic acids is 3. The standard InChI is InChI=1S/C23H26N4O5/c1-14(2)20-22(31)25-16-10-6-7-11-18(16)27(20)23(32)26-17(21(30)24-13-19(28)29)12-15-8-4-3-5-9-15/h3-11,14,17,20H,12-13H2,1-2H3,(H,24,30)(H,25,31)(H,26,32)(H,28,29). The highest BCUT2D eigenvalue weighted by atomic mass is 16.4. The number of nitrogens with one attached hydrogen (secondary N) is 3. The molecule has 0 fully saturated rings. The van der Waals surface area contributed by atoms with E-state index in [1.807, 2.05) is 44.2 Å². The van der Waals surface area contributed by atoms with E-state index in [1.165, 1.54) is 4.90 Å². The van der Waals surface area contributed by atoms with Crippen LogP contribution in [0.2, 0.25) is 0 Å². The Morgan fingerprint density at radius 3 is 2.38 bits per heavy atom. The third kappa shape index (κ3) is 5.23. The van der Waals surface area contributed by atoms with E-state index in [0.29, 0.717) is 11.4 Å². The molecule has 0 bridgehead atoms. The number of amides is 4. The molecule has 4 amide bonds. The van der Waals surface area contributed by atoms with Crippen molar-refractivity contribution in [2.75, 3.05) is 16.8 Å². The summed E-state index contributed by atoms with van der Waals surface area (Å²) >= 11 is 0. The van der Waals surface area contributed by atoms with Crippen molar-refractivity contribution in [1.29, 1.82) is 0 Å². The lowest BCUT2D eigenvalue weighted by Gasteiger charge is -2.39. The van der Waals surface area contributed by atoms with Gasteiger partial charge in [-0.25, -0.2) is 4.79 Å². The molecule has 9 heteroatoms. The van der Waals surface area contributed by atoms with Gasteiger partial charge in [0.2, 0.25) is 11.8 Å². The highest BCUT2D eigenvalue weighted by Crippen LogP contribution is 2.34. The molecule has 1 heterocycles. The third-order valence-electron chi connectivity index (χ3n) is 5.13. The summed E-state index contributed by atoms with van der Waals surface area (Å²) in [6, 6.07) is 13.6. The number of hydrogen-bond acceptors (Lipinski definition) is 4. The van der Waals surface area contributed by atoms with Crippen molar-refractivity contribution in [3.63, 3.8) is 0 Å². The van der Waals surface area contributed by atoms with Gasteiger partial charge in [-0.3, -0.25) is 19.3 Å². The summed E-state index contributed by atoms with van der Waals surface area (Å²) in [4.78, 5) is 51.1. The zero-order chi connectivity index (χ0) is 23.3. The Kier molecular flexibility index (Phi) is 7.09. The first-order valence-electron chi connectivity index (χ1n) is 10.3. The molecule has 3 rings (SSSR count). The maximum atomic E-state index is 13.4. The second-order valence-corrected chi connectivity index (χ2v) is 7.87. The number of benzene rings is 2. The summed E-state index contributed by atoms with van der Waals surface area (Å²) in [5, 5.41) is 16.7. The number of aliphatic carboxylic acids is 1. The number of urea groups is 1. The molecule has 0 spiro atoms. The Hall–Kier alpha value is -3.88. The SMILES string of the molecule is CC(C)C1C(=O)Nc2ccccc2N1C(=O)NC(Cc1ccccc1)C(=O)NCC(=O)O. The van der Waals surface area contributed by atoms with E-state index in [9.17, 15) is 19.2 Å². The molecule has 1 aliphatic rings. The fourth-order valence-corrected chi connectivity index (χ4v) is 3.66. The van der Waals surface area contributed by atoms with Crippen molar-refractivity contribution in [2.45, 2.75) is 32.4 Å². The second kappa shape index (κ2) is 9.95. The minimum Gasteiger partial charge on any atom is -0.480 e. The second-order valence-electron chi connectivity index (χ2n) is 7.87. The molecule has 168 valence electrons. The molecular weight excluding hydrogens is 412 g/mol. The molecule has 2 atom stereocenters. The van der Waals surface area contributed by atoms with Gasteiger partial charge in [0.25, 0.3) is 0 Å². The number of fused-ring (bicyclic) bond motifs is 1. The van der Waals surface area contributed by atoms with Crippen molar-refractivity contribution in [3.05, 3.63) is 60.2 Å². The van der Waals surface area contributed by atoms with Crippen molar-refractivity contribution in [3.8, 4) is 0 Å². The topological polar surface area (TPSA) is 128 Å². The molecule has 4 N–H and O–H groups in total. The van der Waals surface area contributed by atoms with Gasteiger partial charge in [0, 0.05) is 6.42 Å². The first-order chi connectivity index (χ1) is 15.3. The zero-order valence-electron chi connectivity index (χ0n) is 17.9. The molecule has 1 aliphatic heterocycles. The van der Waals surface area contributed by atoms with Crippen molar-refractivity contribution >= 4 is 35.2 Å². The zero-order valence-corrected chi connectivity index (χ0v) is 17.9. The van der Waals surface area contributed by atoms with Crippen LogP contribution in [0.5, 0.6) is 0 Å². The van der Waals surface area contributed by atoms with E-state index in [4.69, 9.17) is 5.11 Å². The largest absolute Gasteiger partial charge is 0.480 e. The Bertz CT molecular complexity index is 1010. The van der Waals surface area contributed by atoms with Gasteiger partial charge in [-0.1, -0.05) is 56.3 Å². The number of carboxylic acid groups (broad SMARTS) is 1. The molecule has 0 saturated carbocycles. The summed E-state index contributed by atoms with van der Waals surface area (Å²) in [7, 11) is 0. The summed E-state index contributed by atoms with van der Waals surface area (Å²) in [6.07, 6.45) is 0.159. The molecular formula is C23H26N4O5. The molecule has 0 radical (unpaired) electrons. The van der Waals surface area contributed by atoms with Gasteiger partial charge in [0.15, 0.2) is 0 Å². The predicted octanol–water partition coefficient (Wildman–Crippen LogP) is 1.99. The quantitative estimate of drug-likeness (QED) is 0.526. The van der Waals surface area contributed by atoms with Crippen LogP contribution in [0.4, 0.5) is 16.2 Å². The smallest absolute Gasteiger partial charge is 0.323 e. The molecule has 32 heavy (non-hydrogen) atoms. The number of nitrogens with zero attached hydrogens (tertiary/aromatic N) is 1. The molecule has 0 aromatic heterocycles. The summed E-state index contributed by atoms with van der Waals surface area (Å²) in [5.41, 5.74) is 1.81. The first kappa shape index (κ1) is 22.8. The maximum absolute atomic E-state index is 13.4. The Labute approximate surface area is 185 Å². The lowest BCUT2D eigenvalue weighted by Crippen LogP contribution is -2.60. The Balaban J connectivity index is 1.90. The number of hydrogen-bond donors (Lipinski definition) is 4. The molecule has 2 aromatic carbocycles. The minimum absolute atomic E-state index is 0.159. The number of rotatable bonds is 7. The van der Waals surface area contributed by atoms with Crippen LogP contribution in [0.25, 0.3) is 0 Å². The molecule has 2 unspecified atom stereocenters. The van der Waals surface area contributed by atoms with Crippen LogP contribution in [0.3, 0.4) is 0 Å². The molecule has 0 aliphatic carbocycles. The van der Waals surface area contributed by atoms with Gasteiger partial charge < -0.3 is 21.1 Å². The minimum atomic E-state index is -1.19. The van der Waals surface area contributed by atoms with Crippen LogP contribution >= 0.6 is 0 Å². The van der Waals surface area contributed by atoms with Crippen molar-refractivity contribution in [1.82, 2.24) is 10.6 Å². The van der Waals surface area contributed by atoms with E-state index < -0.39 is 36.5 Å². The van der Waals surface area contributed by atoms with E-state index in [-0.39, 0.29) is 18.2 Å². The Morgan fingerprint density at radius 2 is 1.72 bits per heavy atom. The van der Waals surface area contributed by atoms with Crippen LogP contribution in [0.1, 0.15) is 19.4 Å². The van der Waals surface area contributed by atoms with Gasteiger partial charge in [-0.05, 0) is 23.6 Å². The van der Waals surface area contributed by atoms with Gasteiger partial charge >= 0.3 is 12.0 Å². The summed E-state index contributed by atoms with van der Waals surface area (Å²) in [5.74, 6) is -2.32. The normalized spacial score (nSPS) is 16.0. The Morgan fingerprint density at radius 1 is 1.06 bits per heavy atom. The number of para-hydroxylation sites is 2. The molecule has 0 saturated heterocycles. The van der Waals surface area contributed by atoms with Crippen LogP contribution in [-0.2, 0) is 20.8 Å². The highest BCUT2D eigenvalue weighted by Gasteiger charge is 2.39. The summed E-state index contributed by atoms with van der Waals surface area (Å²) < 4.78 is 0. The fraction of sp³-hybridized carbons (Fsp3) is 0.304. The van der Waals surface area contributed by atoms with Gasteiger partial charge in [-0.15, -0.1) is 0 Å². The number of carbonyl (C=O) groups is 4. The number of anilines is 2.